The van der Waals surface area contributed by atoms with Crippen LogP contribution in [0.4, 0.5) is 39.8 Å². The summed E-state index contributed by atoms with van der Waals surface area (Å²) in [5.74, 6) is 1.79. The smallest absolute Gasteiger partial charge is 0.252 e. The number of piperidine rings is 2. The maximum absolute atomic E-state index is 2.87. The van der Waals surface area contributed by atoms with Gasteiger partial charge < -0.3 is 14.7 Å². The third-order valence-electron chi connectivity index (χ3n) is 15.9. The van der Waals surface area contributed by atoms with Crippen LogP contribution < -0.4 is 31.1 Å². The molecule has 0 N–H and O–H groups in total. The van der Waals surface area contributed by atoms with E-state index < -0.39 is 0 Å². The lowest BCUT2D eigenvalue weighted by atomic mass is 9.33. The van der Waals surface area contributed by atoms with Crippen molar-refractivity contribution in [3.8, 4) is 44.5 Å². The minimum absolute atomic E-state index is 0.0144. The Bertz CT molecular complexity index is 3290. The molecular formula is C63H50BN3. The quantitative estimate of drug-likeness (QED) is 0.148. The number of fused-ring (bicyclic) bond motifs is 4. The van der Waals surface area contributed by atoms with Gasteiger partial charge in [-0.15, -0.1) is 0 Å². The van der Waals surface area contributed by atoms with Crippen molar-refractivity contribution in [1.29, 1.82) is 0 Å². The summed E-state index contributed by atoms with van der Waals surface area (Å²) in [6, 6.07) is 83.1. The molecule has 2 saturated heterocycles. The second-order valence-corrected chi connectivity index (χ2v) is 19.7. The fraction of sp³-hybridized carbons (Fsp3) is 0.143. The van der Waals surface area contributed by atoms with Gasteiger partial charge in [0.25, 0.3) is 6.71 Å². The lowest BCUT2D eigenvalue weighted by molar-refractivity contribution is 0.0900. The molecular weight excluding hydrogens is 810 g/mol. The molecule has 3 nitrogen and oxygen atoms in total. The van der Waals surface area contributed by atoms with E-state index in [9.17, 15) is 0 Å². The molecule has 0 atom stereocenters. The van der Waals surface area contributed by atoms with Crippen LogP contribution in [0.5, 0.6) is 0 Å². The predicted octanol–water partition coefficient (Wildman–Crippen LogP) is 14.2. The molecule has 4 heteroatoms. The minimum Gasteiger partial charge on any atom is -0.365 e. The average molecular weight is 860 g/mol. The molecule has 67 heavy (non-hydrogen) atoms. The van der Waals surface area contributed by atoms with E-state index in [1.54, 1.807) is 0 Å². The zero-order valence-corrected chi connectivity index (χ0v) is 37.5. The molecule has 0 aromatic heterocycles. The monoisotopic (exact) mass is 859 g/mol. The Hall–Kier alpha value is -7.56. The highest BCUT2D eigenvalue weighted by Gasteiger charge is 2.48. The van der Waals surface area contributed by atoms with Crippen molar-refractivity contribution >= 4 is 62.9 Å². The molecule has 4 fully saturated rings. The van der Waals surface area contributed by atoms with Crippen LogP contribution in [-0.4, -0.2) is 18.8 Å². The van der Waals surface area contributed by atoms with Gasteiger partial charge in [0.2, 0.25) is 0 Å². The first-order valence-electron chi connectivity index (χ1n) is 24.4. The molecule has 4 heterocycles. The van der Waals surface area contributed by atoms with Crippen LogP contribution in [-0.2, 0) is 0 Å². The highest BCUT2D eigenvalue weighted by molar-refractivity contribution is 7.00. The summed E-state index contributed by atoms with van der Waals surface area (Å²) in [4.78, 5) is 8.06. The number of rotatable bonds is 7. The maximum atomic E-state index is 2.87. The molecule has 6 aliphatic rings. The molecule has 9 aromatic carbocycles. The van der Waals surface area contributed by atoms with E-state index >= 15 is 0 Å². The molecule has 0 amide bonds. The standard InChI is InChI=1S/C63H50BN3/c1-5-14-44(15-6-1)48-24-27-52(28-25-48)66-60-41-54(65-55-33-42-32-43(35-55)36-56(65)34-42)29-31-58(60)64-57-30-26-50(46-18-9-3-10-19-46)38-59(57)67(53-23-13-22-49(37-53)45-16-7-2-8-17-45)62-40-51(39-61(66)63(62)64)47-20-11-4-12-21-47/h1-31,37-43,55-56H,32-36H2. The second kappa shape index (κ2) is 15.5. The minimum atomic E-state index is 0.0144. The topological polar surface area (TPSA) is 9.72 Å². The van der Waals surface area contributed by atoms with Crippen LogP contribution >= 0.6 is 0 Å². The van der Waals surface area contributed by atoms with E-state index in [4.69, 9.17) is 0 Å². The van der Waals surface area contributed by atoms with Crippen LogP contribution in [0.15, 0.2) is 218 Å². The normalized spacial score (nSPS) is 19.5. The molecule has 4 aliphatic heterocycles. The van der Waals surface area contributed by atoms with Crippen molar-refractivity contribution in [3.05, 3.63) is 218 Å². The maximum Gasteiger partial charge on any atom is 0.252 e. The van der Waals surface area contributed by atoms with E-state index in [2.05, 4.69) is 233 Å². The molecule has 320 valence electrons. The zero-order valence-electron chi connectivity index (χ0n) is 37.5. The van der Waals surface area contributed by atoms with Gasteiger partial charge in [0, 0.05) is 51.9 Å². The van der Waals surface area contributed by atoms with Gasteiger partial charge in [0.15, 0.2) is 0 Å². The van der Waals surface area contributed by atoms with Gasteiger partial charge >= 0.3 is 0 Å². The summed E-state index contributed by atoms with van der Waals surface area (Å²) in [6.45, 7) is 0.0144. The number of hydrogen-bond acceptors (Lipinski definition) is 3. The van der Waals surface area contributed by atoms with E-state index in [-0.39, 0.29) is 6.71 Å². The summed E-state index contributed by atoms with van der Waals surface area (Å²) >= 11 is 0. The Morgan fingerprint density at radius 3 is 1.30 bits per heavy atom. The van der Waals surface area contributed by atoms with Gasteiger partial charge in [-0.2, -0.15) is 0 Å². The SMILES string of the molecule is c1ccc(-c2ccc(N3c4cc(N5C6CC7CC(C6)CC5C7)ccc4B4c5ccc(-c6ccccc6)cc5N(c5cccc(-c6ccccc6)c5)c5cc(-c6ccccc6)cc3c54)cc2)cc1. The van der Waals surface area contributed by atoms with Crippen molar-refractivity contribution in [2.45, 2.75) is 44.2 Å². The van der Waals surface area contributed by atoms with E-state index in [0.717, 1.165) is 17.5 Å². The Balaban J connectivity index is 1.04. The number of benzene rings is 9. The summed E-state index contributed by atoms with van der Waals surface area (Å²) in [6.07, 6.45) is 6.79. The molecule has 4 bridgehead atoms. The van der Waals surface area contributed by atoms with Crippen molar-refractivity contribution in [1.82, 2.24) is 0 Å². The first kappa shape index (κ1) is 38.7. The Labute approximate surface area is 394 Å². The van der Waals surface area contributed by atoms with Crippen molar-refractivity contribution in [2.24, 2.45) is 11.8 Å². The molecule has 0 radical (unpaired) electrons. The summed E-state index contributed by atoms with van der Waals surface area (Å²) in [5.41, 5.74) is 22.4. The fourth-order valence-electron chi connectivity index (χ4n) is 13.1. The second-order valence-electron chi connectivity index (χ2n) is 19.7. The predicted molar refractivity (Wildman–Crippen MR) is 282 cm³/mol. The summed E-state index contributed by atoms with van der Waals surface area (Å²) < 4.78 is 0. The fourth-order valence-corrected chi connectivity index (χ4v) is 13.1. The van der Waals surface area contributed by atoms with Gasteiger partial charge in [0.1, 0.15) is 0 Å². The van der Waals surface area contributed by atoms with E-state index in [1.165, 1.54) is 127 Å². The number of nitrogens with zero attached hydrogens (tertiary/aromatic N) is 3. The van der Waals surface area contributed by atoms with Gasteiger partial charge in [0.05, 0.1) is 0 Å². The molecule has 2 saturated carbocycles. The number of hydrogen-bond donors (Lipinski definition) is 0. The zero-order chi connectivity index (χ0) is 44.0. The van der Waals surface area contributed by atoms with Crippen LogP contribution in [0.2, 0.25) is 0 Å². The number of anilines is 7. The van der Waals surface area contributed by atoms with Crippen molar-refractivity contribution < 1.29 is 0 Å². The highest BCUT2D eigenvalue weighted by Crippen LogP contribution is 2.52. The molecule has 0 spiro atoms. The summed E-state index contributed by atoms with van der Waals surface area (Å²) in [7, 11) is 0. The van der Waals surface area contributed by atoms with Gasteiger partial charge in [-0.1, -0.05) is 164 Å². The lowest BCUT2D eigenvalue weighted by Gasteiger charge is -2.57. The Kier molecular flexibility index (Phi) is 8.97. The molecule has 2 aliphatic carbocycles. The van der Waals surface area contributed by atoms with Crippen molar-refractivity contribution in [2.75, 3.05) is 14.7 Å². The lowest BCUT2D eigenvalue weighted by Crippen LogP contribution is -2.61. The van der Waals surface area contributed by atoms with Crippen LogP contribution in [0.3, 0.4) is 0 Å². The molecule has 15 rings (SSSR count). The first-order chi connectivity index (χ1) is 33.2. The van der Waals surface area contributed by atoms with Crippen LogP contribution in [0, 0.1) is 11.8 Å². The average Bonchev–Trinajstić information content (AvgIpc) is 3.39. The van der Waals surface area contributed by atoms with Gasteiger partial charge in [-0.05, 0) is 159 Å². The van der Waals surface area contributed by atoms with Gasteiger partial charge in [-0.3, -0.25) is 0 Å². The largest absolute Gasteiger partial charge is 0.365 e. The third kappa shape index (κ3) is 6.41. The Morgan fingerprint density at radius 2 is 0.716 bits per heavy atom. The van der Waals surface area contributed by atoms with Gasteiger partial charge in [-0.25, -0.2) is 0 Å². The summed E-state index contributed by atoms with van der Waals surface area (Å²) in [5, 5.41) is 0. The van der Waals surface area contributed by atoms with E-state index in [0.29, 0.717) is 12.1 Å². The van der Waals surface area contributed by atoms with Crippen LogP contribution in [0.1, 0.15) is 32.1 Å². The third-order valence-corrected chi connectivity index (χ3v) is 15.9. The van der Waals surface area contributed by atoms with E-state index in [1.807, 2.05) is 0 Å². The Morgan fingerprint density at radius 1 is 0.299 bits per heavy atom. The molecule has 0 unspecified atom stereocenters. The first-order valence-corrected chi connectivity index (χ1v) is 24.4. The van der Waals surface area contributed by atoms with Crippen LogP contribution in [0.25, 0.3) is 44.5 Å². The molecule has 9 aromatic rings. The highest BCUT2D eigenvalue weighted by atomic mass is 15.2. The van der Waals surface area contributed by atoms with Crippen molar-refractivity contribution in [3.63, 3.8) is 0 Å².